The number of thioether (sulfide) groups is 1. The second-order valence-corrected chi connectivity index (χ2v) is 12.1. The van der Waals surface area contributed by atoms with E-state index in [0.29, 0.717) is 34.4 Å². The van der Waals surface area contributed by atoms with Crippen LogP contribution in [0.1, 0.15) is 48.3 Å². The highest BCUT2D eigenvalue weighted by Crippen LogP contribution is 2.41. The summed E-state index contributed by atoms with van der Waals surface area (Å²) in [6.45, 7) is -0.0477. The molecular formula is C37H34N2O7S. The number of benzene rings is 4. The number of aliphatic hydroxyl groups is 1. The summed E-state index contributed by atoms with van der Waals surface area (Å²) in [5.41, 5.74) is 5.67. The number of anilines is 1. The minimum atomic E-state index is -1.03. The highest BCUT2D eigenvalue weighted by Gasteiger charge is 2.33. The monoisotopic (exact) mass is 650 g/mol. The third kappa shape index (κ3) is 8.35. The molecular weight excluding hydrogens is 616 g/mol. The Balaban J connectivity index is 1.23. The molecule has 3 N–H and O–H groups in total. The maximum Gasteiger partial charge on any atom is 0.303 e. The van der Waals surface area contributed by atoms with Crippen LogP contribution in [0.4, 0.5) is 5.69 Å². The van der Waals surface area contributed by atoms with Gasteiger partial charge in [0.25, 0.3) is 5.22 Å². The van der Waals surface area contributed by atoms with E-state index >= 15 is 0 Å². The third-order valence-electron chi connectivity index (χ3n) is 7.71. The Morgan fingerprint density at radius 1 is 0.830 bits per heavy atom. The van der Waals surface area contributed by atoms with Gasteiger partial charge >= 0.3 is 5.97 Å². The zero-order valence-electron chi connectivity index (χ0n) is 25.5. The van der Waals surface area contributed by atoms with Crippen LogP contribution in [-0.2, 0) is 25.7 Å². The number of nitrogens with one attached hydrogen (secondary N) is 1. The van der Waals surface area contributed by atoms with E-state index in [1.54, 1.807) is 18.2 Å². The lowest BCUT2D eigenvalue weighted by atomic mass is 10.0. The van der Waals surface area contributed by atoms with Gasteiger partial charge in [0.15, 0.2) is 12.1 Å². The number of carboxylic acids is 1. The van der Waals surface area contributed by atoms with E-state index in [2.05, 4.69) is 5.32 Å². The van der Waals surface area contributed by atoms with Crippen molar-refractivity contribution in [3.63, 3.8) is 0 Å². The number of amides is 1. The molecule has 0 radical (unpaired) electrons. The molecule has 6 rings (SSSR count). The lowest BCUT2D eigenvalue weighted by molar-refractivity contribution is -0.245. The van der Waals surface area contributed by atoms with Gasteiger partial charge in [0.2, 0.25) is 5.91 Å². The normalized spacial score (nSPS) is 17.7. The van der Waals surface area contributed by atoms with Crippen molar-refractivity contribution in [3.8, 4) is 22.6 Å². The molecule has 0 saturated carbocycles. The Morgan fingerprint density at radius 2 is 1.55 bits per heavy atom. The van der Waals surface area contributed by atoms with Gasteiger partial charge in [-0.2, -0.15) is 0 Å². The quantitative estimate of drug-likeness (QED) is 0.117. The number of aliphatic carboxylic acids is 1. The molecule has 1 saturated heterocycles. The summed E-state index contributed by atoms with van der Waals surface area (Å²) in [6, 6.07) is 34.7. The van der Waals surface area contributed by atoms with Crippen molar-refractivity contribution in [3.05, 3.63) is 126 Å². The van der Waals surface area contributed by atoms with Gasteiger partial charge in [-0.05, 0) is 23.3 Å². The smallest absolute Gasteiger partial charge is 0.303 e. The fraction of sp³-hybridized carbons (Fsp3) is 0.216. The zero-order chi connectivity index (χ0) is 32.6. The molecule has 2 heterocycles. The number of carbonyl (C=O) groups is 2. The van der Waals surface area contributed by atoms with Crippen molar-refractivity contribution < 1.29 is 33.7 Å². The van der Waals surface area contributed by atoms with Crippen molar-refractivity contribution >= 4 is 29.3 Å². The van der Waals surface area contributed by atoms with E-state index in [1.807, 2.05) is 91.0 Å². The molecule has 5 aromatic rings. The highest BCUT2D eigenvalue weighted by atomic mass is 32.2. The first-order chi connectivity index (χ1) is 22.9. The van der Waals surface area contributed by atoms with E-state index in [-0.39, 0.29) is 37.6 Å². The van der Waals surface area contributed by atoms with Gasteiger partial charge in [-0.1, -0.05) is 109 Å². The van der Waals surface area contributed by atoms with Crippen LogP contribution >= 0.6 is 11.8 Å². The number of hydrogen-bond acceptors (Lipinski definition) is 8. The molecule has 47 heavy (non-hydrogen) atoms. The first-order valence-electron chi connectivity index (χ1n) is 15.3. The molecule has 0 aliphatic carbocycles. The summed E-state index contributed by atoms with van der Waals surface area (Å²) in [7, 11) is 0. The standard InChI is InChI=1S/C37H34N2O7S/c40-22-24-14-16-25(17-15-24)31-21-30(44-36(45-31)28-12-7-13-29(20-28)38-32(41)18-19-33(42)43)23-47-37-39-34(26-8-3-1-4-9-26)35(46-37)27-10-5-2-6-11-27/h1-17,20,30-31,36,40H,18-19,21-23H2,(H,38,41)(H,42,43). The zero-order valence-corrected chi connectivity index (χ0v) is 26.3. The Morgan fingerprint density at radius 3 is 2.26 bits per heavy atom. The van der Waals surface area contributed by atoms with Crippen molar-refractivity contribution in [2.75, 3.05) is 11.1 Å². The number of hydrogen-bond donors (Lipinski definition) is 3. The fourth-order valence-corrected chi connectivity index (χ4v) is 6.17. The lowest BCUT2D eigenvalue weighted by Crippen LogP contribution is -2.31. The summed E-state index contributed by atoms with van der Waals surface area (Å²) in [5.74, 6) is -0.173. The van der Waals surface area contributed by atoms with Crippen LogP contribution in [0.25, 0.3) is 22.6 Å². The van der Waals surface area contributed by atoms with Crippen LogP contribution in [0, 0.1) is 0 Å². The number of aromatic nitrogens is 1. The van der Waals surface area contributed by atoms with Gasteiger partial charge in [0, 0.05) is 41.0 Å². The van der Waals surface area contributed by atoms with Gasteiger partial charge < -0.3 is 29.4 Å². The summed E-state index contributed by atoms with van der Waals surface area (Å²) in [6.07, 6.45) is -1.09. The van der Waals surface area contributed by atoms with Crippen LogP contribution < -0.4 is 5.32 Å². The molecule has 0 bridgehead atoms. The number of carbonyl (C=O) groups excluding carboxylic acids is 1. The molecule has 240 valence electrons. The van der Waals surface area contributed by atoms with Gasteiger partial charge in [-0.25, -0.2) is 4.98 Å². The van der Waals surface area contributed by atoms with Gasteiger partial charge in [-0.3, -0.25) is 9.59 Å². The second kappa shape index (κ2) is 15.2. The molecule has 1 aromatic heterocycles. The SMILES string of the molecule is O=C(O)CCC(=O)Nc1cccc(C2OC(CSc3nc(-c4ccccc4)c(-c4ccccc4)o3)CC(c3ccc(CO)cc3)O2)c1. The molecule has 1 aliphatic heterocycles. The van der Waals surface area contributed by atoms with Crippen molar-refractivity contribution in [1.29, 1.82) is 0 Å². The van der Waals surface area contributed by atoms with E-state index in [0.717, 1.165) is 27.9 Å². The summed E-state index contributed by atoms with van der Waals surface area (Å²) in [5, 5.41) is 21.7. The van der Waals surface area contributed by atoms with Gasteiger partial charge in [-0.15, -0.1) is 0 Å². The first kappa shape index (κ1) is 32.2. The lowest BCUT2D eigenvalue weighted by Gasteiger charge is -2.36. The fourth-order valence-electron chi connectivity index (χ4n) is 5.33. The van der Waals surface area contributed by atoms with Crippen molar-refractivity contribution in [1.82, 2.24) is 4.98 Å². The van der Waals surface area contributed by atoms with Crippen LogP contribution in [0.15, 0.2) is 119 Å². The minimum Gasteiger partial charge on any atom is -0.481 e. The van der Waals surface area contributed by atoms with Crippen LogP contribution in [0.2, 0.25) is 0 Å². The van der Waals surface area contributed by atoms with Gasteiger partial charge in [0.05, 0.1) is 25.2 Å². The predicted octanol–water partition coefficient (Wildman–Crippen LogP) is 7.64. The number of carboxylic acid groups (broad SMARTS) is 1. The molecule has 1 aliphatic rings. The molecule has 9 nitrogen and oxygen atoms in total. The average molecular weight is 651 g/mol. The van der Waals surface area contributed by atoms with Crippen LogP contribution in [0.5, 0.6) is 0 Å². The number of rotatable bonds is 12. The maximum atomic E-state index is 12.3. The maximum absolute atomic E-state index is 12.3. The molecule has 3 atom stereocenters. The predicted molar refractivity (Wildman–Crippen MR) is 178 cm³/mol. The van der Waals surface area contributed by atoms with E-state index in [9.17, 15) is 14.7 Å². The third-order valence-corrected chi connectivity index (χ3v) is 8.67. The van der Waals surface area contributed by atoms with E-state index in [1.165, 1.54) is 11.8 Å². The van der Waals surface area contributed by atoms with Crippen molar-refractivity contribution in [2.45, 2.75) is 49.6 Å². The highest BCUT2D eigenvalue weighted by molar-refractivity contribution is 7.99. The number of ether oxygens (including phenoxy) is 2. The number of oxazole rings is 1. The van der Waals surface area contributed by atoms with Crippen molar-refractivity contribution in [2.24, 2.45) is 0 Å². The Hall–Kier alpha value is -4.74. The molecule has 3 unspecified atom stereocenters. The molecule has 4 aromatic carbocycles. The summed E-state index contributed by atoms with van der Waals surface area (Å²) in [4.78, 5) is 28.1. The van der Waals surface area contributed by atoms with E-state index < -0.39 is 12.3 Å². The average Bonchev–Trinajstić information content (AvgIpc) is 3.55. The molecule has 10 heteroatoms. The van der Waals surface area contributed by atoms with Crippen LogP contribution in [0.3, 0.4) is 0 Å². The number of aliphatic hydroxyl groups excluding tert-OH is 1. The van der Waals surface area contributed by atoms with Gasteiger partial charge in [0.1, 0.15) is 5.69 Å². The Labute approximate surface area is 276 Å². The molecule has 1 fully saturated rings. The molecule has 0 spiro atoms. The number of nitrogens with zero attached hydrogens (tertiary/aromatic N) is 1. The minimum absolute atomic E-state index is 0.0477. The second-order valence-electron chi connectivity index (χ2n) is 11.1. The largest absolute Gasteiger partial charge is 0.481 e. The summed E-state index contributed by atoms with van der Waals surface area (Å²) >= 11 is 1.47. The molecule has 1 amide bonds. The summed E-state index contributed by atoms with van der Waals surface area (Å²) < 4.78 is 19.3. The Kier molecular flexibility index (Phi) is 10.4. The van der Waals surface area contributed by atoms with E-state index in [4.69, 9.17) is 24.0 Å². The topological polar surface area (TPSA) is 131 Å². The Bertz CT molecular complexity index is 1740. The van der Waals surface area contributed by atoms with Crippen LogP contribution in [-0.4, -0.2) is 38.9 Å². The first-order valence-corrected chi connectivity index (χ1v) is 16.3.